The van der Waals surface area contributed by atoms with Crippen molar-refractivity contribution in [2.45, 2.75) is 46.1 Å². The molecule has 4 heterocycles. The summed E-state index contributed by atoms with van der Waals surface area (Å²) >= 11 is 0. The number of likely N-dealkylation sites (tertiary alicyclic amines) is 1. The maximum Gasteiger partial charge on any atom is 0.318 e. The number of aliphatic imine (C=N–C) groups is 1. The van der Waals surface area contributed by atoms with Crippen LogP contribution in [-0.2, 0) is 17.8 Å². The average Bonchev–Trinajstić information content (AvgIpc) is 2.97. The molecule has 0 N–H and O–H groups in total. The fourth-order valence-electron chi connectivity index (χ4n) is 6.11. The second-order valence-electron chi connectivity index (χ2n) is 10.7. The van der Waals surface area contributed by atoms with Crippen LogP contribution in [0, 0.1) is 13.8 Å². The Morgan fingerprint density at radius 1 is 1.03 bits per heavy atom. The van der Waals surface area contributed by atoms with Gasteiger partial charge in [-0.25, -0.2) is 0 Å². The molecule has 3 aliphatic heterocycles. The molecule has 0 radical (unpaired) electrons. The van der Waals surface area contributed by atoms with Gasteiger partial charge in [0.05, 0.1) is 17.9 Å². The number of benzene rings is 1. The van der Waals surface area contributed by atoms with Crippen LogP contribution < -0.4 is 14.5 Å². The van der Waals surface area contributed by atoms with Gasteiger partial charge < -0.3 is 19.4 Å². The van der Waals surface area contributed by atoms with E-state index in [1.165, 1.54) is 42.2 Å². The highest BCUT2D eigenvalue weighted by Crippen LogP contribution is 2.36. The molecule has 0 unspecified atom stereocenters. The molecular weight excluding hydrogens is 490 g/mol. The zero-order valence-electron chi connectivity index (χ0n) is 23.5. The second kappa shape index (κ2) is 12.2. The number of rotatable bonds is 8. The van der Waals surface area contributed by atoms with Crippen LogP contribution in [0.25, 0.3) is 0 Å². The van der Waals surface area contributed by atoms with E-state index in [0.29, 0.717) is 32.3 Å². The minimum absolute atomic E-state index is 0.0151. The summed E-state index contributed by atoms with van der Waals surface area (Å²) < 4.78 is 6.20. The molecule has 0 bridgehead atoms. The number of hydrogen-bond acceptors (Lipinski definition) is 8. The van der Waals surface area contributed by atoms with Crippen molar-refractivity contribution in [2.75, 3.05) is 68.8 Å². The third-order valence-corrected chi connectivity index (χ3v) is 8.27. The van der Waals surface area contributed by atoms with Gasteiger partial charge in [0.2, 0.25) is 5.91 Å². The lowest BCUT2D eigenvalue weighted by atomic mass is 10.00. The Balaban J connectivity index is 1.40. The van der Waals surface area contributed by atoms with E-state index in [1.54, 1.807) is 0 Å². The quantitative estimate of drug-likeness (QED) is 0.380. The molecule has 208 valence electrons. The molecule has 0 saturated carbocycles. The van der Waals surface area contributed by atoms with Crippen molar-refractivity contribution in [3.05, 3.63) is 47.2 Å². The Kier molecular flexibility index (Phi) is 8.45. The smallest absolute Gasteiger partial charge is 0.318 e. The van der Waals surface area contributed by atoms with Crippen molar-refractivity contribution in [3.63, 3.8) is 0 Å². The maximum atomic E-state index is 12.1. The Labute approximate surface area is 232 Å². The lowest BCUT2D eigenvalue weighted by molar-refractivity contribution is -0.126. The van der Waals surface area contributed by atoms with Gasteiger partial charge in [0.1, 0.15) is 12.4 Å². The molecular formula is C30H41N7O2. The minimum Gasteiger partial charge on any atom is -0.462 e. The number of carbonyl (C=O) groups is 1. The predicted octanol–water partition coefficient (Wildman–Crippen LogP) is 3.69. The number of ether oxygens (including phenoxy) is 1. The largest absolute Gasteiger partial charge is 0.462 e. The molecule has 2 fully saturated rings. The first-order chi connectivity index (χ1) is 19.0. The first-order valence-corrected chi connectivity index (χ1v) is 14.2. The topological polar surface area (TPSA) is 77.4 Å². The summed E-state index contributed by atoms with van der Waals surface area (Å²) in [5.74, 6) is 0.937. The number of amides is 1. The van der Waals surface area contributed by atoms with E-state index in [1.807, 2.05) is 11.0 Å². The molecule has 2 aromatic rings. The van der Waals surface area contributed by atoms with Gasteiger partial charge in [-0.15, -0.1) is 0 Å². The minimum atomic E-state index is -0.0151. The SMILES string of the molecule is C=CC(=O)N1CCN(c2nc(OCCN3CCCCC3)nc3c2CCN(c2c(C)ccc(N=C)c2C)C3)CC1. The molecule has 1 aromatic carbocycles. The first kappa shape index (κ1) is 27.1. The Bertz CT molecular complexity index is 1220. The van der Waals surface area contributed by atoms with Crippen LogP contribution >= 0.6 is 0 Å². The number of aryl methyl sites for hydroxylation is 1. The van der Waals surface area contributed by atoms with Gasteiger partial charge in [-0.1, -0.05) is 19.1 Å². The van der Waals surface area contributed by atoms with Crippen molar-refractivity contribution < 1.29 is 9.53 Å². The normalized spacial score (nSPS) is 18.1. The van der Waals surface area contributed by atoms with Crippen molar-refractivity contribution in [2.24, 2.45) is 4.99 Å². The van der Waals surface area contributed by atoms with Gasteiger partial charge >= 0.3 is 6.01 Å². The van der Waals surface area contributed by atoms with Crippen molar-refractivity contribution >= 4 is 29.8 Å². The lowest BCUT2D eigenvalue weighted by Gasteiger charge is -2.38. The molecule has 0 aliphatic carbocycles. The van der Waals surface area contributed by atoms with E-state index in [0.717, 1.165) is 68.5 Å². The van der Waals surface area contributed by atoms with Gasteiger partial charge in [0.15, 0.2) is 0 Å². The third kappa shape index (κ3) is 5.93. The standard InChI is InChI=1S/C30H41N7O2/c1-5-27(38)35-15-17-36(18-16-35)29-24-11-14-37(28-22(2)9-10-25(31-4)23(28)3)21-26(24)32-30(33-29)39-20-19-34-12-7-6-8-13-34/h5,9-10H,1,4,6-8,11-21H2,2-3H3. The highest BCUT2D eigenvalue weighted by atomic mass is 16.5. The molecule has 1 aromatic heterocycles. The average molecular weight is 532 g/mol. The van der Waals surface area contributed by atoms with Gasteiger partial charge in [-0.05, 0) is 76.2 Å². The van der Waals surface area contributed by atoms with Crippen LogP contribution in [0.5, 0.6) is 6.01 Å². The summed E-state index contributed by atoms with van der Waals surface area (Å²) in [6.45, 7) is 19.7. The van der Waals surface area contributed by atoms with Crippen molar-refractivity contribution in [1.29, 1.82) is 0 Å². The molecule has 2 saturated heterocycles. The Morgan fingerprint density at radius 3 is 2.51 bits per heavy atom. The van der Waals surface area contributed by atoms with Crippen molar-refractivity contribution in [1.82, 2.24) is 19.8 Å². The highest BCUT2D eigenvalue weighted by molar-refractivity contribution is 5.87. The zero-order chi connectivity index (χ0) is 27.4. The van der Waals surface area contributed by atoms with Crippen LogP contribution in [0.2, 0.25) is 0 Å². The molecule has 39 heavy (non-hydrogen) atoms. The number of piperidine rings is 1. The number of nitrogens with zero attached hydrogens (tertiary/aromatic N) is 7. The Morgan fingerprint density at radius 2 is 1.79 bits per heavy atom. The third-order valence-electron chi connectivity index (χ3n) is 8.27. The van der Waals surface area contributed by atoms with Crippen LogP contribution in [0.3, 0.4) is 0 Å². The molecule has 9 heteroatoms. The van der Waals surface area contributed by atoms with Crippen LogP contribution in [0.15, 0.2) is 29.8 Å². The van der Waals surface area contributed by atoms with Gasteiger partial charge in [-0.3, -0.25) is 14.7 Å². The summed E-state index contributed by atoms with van der Waals surface area (Å²) in [6, 6.07) is 4.60. The number of carbonyl (C=O) groups excluding carboxylic acids is 1. The summed E-state index contributed by atoms with van der Waals surface area (Å²) in [4.78, 5) is 35.3. The van der Waals surface area contributed by atoms with E-state index in [9.17, 15) is 4.79 Å². The predicted molar refractivity (Wildman–Crippen MR) is 157 cm³/mol. The molecule has 1 amide bonds. The summed E-state index contributed by atoms with van der Waals surface area (Å²) in [5.41, 5.74) is 6.68. The zero-order valence-corrected chi connectivity index (χ0v) is 23.5. The number of anilines is 2. The van der Waals surface area contributed by atoms with Crippen LogP contribution in [0.1, 0.15) is 41.6 Å². The molecule has 0 spiro atoms. The van der Waals surface area contributed by atoms with E-state index in [2.05, 4.69) is 52.9 Å². The summed E-state index contributed by atoms with van der Waals surface area (Å²) in [7, 11) is 0. The molecule has 0 atom stereocenters. The van der Waals surface area contributed by atoms with E-state index in [-0.39, 0.29) is 5.91 Å². The summed E-state index contributed by atoms with van der Waals surface area (Å²) in [5, 5.41) is 0. The van der Waals surface area contributed by atoms with Gasteiger partial charge in [-0.2, -0.15) is 9.97 Å². The number of piperazine rings is 1. The monoisotopic (exact) mass is 531 g/mol. The van der Waals surface area contributed by atoms with Crippen LogP contribution in [-0.4, -0.2) is 91.4 Å². The molecule has 5 rings (SSSR count). The van der Waals surface area contributed by atoms with Gasteiger partial charge in [0.25, 0.3) is 0 Å². The fourth-order valence-corrected chi connectivity index (χ4v) is 6.11. The molecule has 3 aliphatic rings. The Hall–Kier alpha value is -3.46. The van der Waals surface area contributed by atoms with E-state index < -0.39 is 0 Å². The number of fused-ring (bicyclic) bond motifs is 1. The lowest BCUT2D eigenvalue weighted by Crippen LogP contribution is -2.49. The first-order valence-electron chi connectivity index (χ1n) is 14.2. The summed E-state index contributed by atoms with van der Waals surface area (Å²) in [6.07, 6.45) is 6.08. The molecule has 9 nitrogen and oxygen atoms in total. The van der Waals surface area contributed by atoms with Crippen LogP contribution in [0.4, 0.5) is 17.2 Å². The maximum absolute atomic E-state index is 12.1. The second-order valence-corrected chi connectivity index (χ2v) is 10.7. The fraction of sp³-hybridized carbons (Fsp3) is 0.533. The van der Waals surface area contributed by atoms with Gasteiger partial charge in [0, 0.05) is 50.5 Å². The van der Waals surface area contributed by atoms with E-state index in [4.69, 9.17) is 14.7 Å². The number of aromatic nitrogens is 2. The highest BCUT2D eigenvalue weighted by Gasteiger charge is 2.29. The van der Waals surface area contributed by atoms with Crippen molar-refractivity contribution in [3.8, 4) is 6.01 Å². The van der Waals surface area contributed by atoms with E-state index >= 15 is 0 Å². The number of hydrogen-bond donors (Lipinski definition) is 0.